The maximum absolute atomic E-state index is 12.7. The molecule has 5 aromatic carbocycles. The van der Waals surface area contributed by atoms with Crippen LogP contribution in [0.2, 0.25) is 0 Å². The van der Waals surface area contributed by atoms with Crippen LogP contribution in [0.4, 0.5) is 25.2 Å². The molecule has 2 nitrogen and oxygen atoms in total. The number of carbonyl (C=O) groups is 1. The van der Waals surface area contributed by atoms with Crippen molar-refractivity contribution in [2.45, 2.75) is 14.7 Å². The van der Waals surface area contributed by atoms with Gasteiger partial charge in [-0.1, -0.05) is 72.8 Å². The SMILES string of the molecule is COC(=O)c1ccccc1[S+](c1ccc(-c2ccccc2)cc1)c1ccc(-c2ccccc2)cc1.F[P-](F)(F)(F)(F)F. The predicted octanol–water partition coefficient (Wildman–Crippen LogP) is 11.3. The minimum absolute atomic E-state index is 0.320. The zero-order valence-corrected chi connectivity index (χ0v) is 23.9. The summed E-state index contributed by atoms with van der Waals surface area (Å²) < 4.78 is 64.3. The quantitative estimate of drug-likeness (QED) is 0.0819. The third-order valence-electron chi connectivity index (χ3n) is 5.91. The molecule has 0 radical (unpaired) electrons. The van der Waals surface area contributed by atoms with Gasteiger partial charge in [-0.05, 0) is 82.9 Å². The molecule has 5 rings (SSSR count). The van der Waals surface area contributed by atoms with E-state index in [2.05, 4.69) is 97.1 Å². The molecule has 0 spiro atoms. The van der Waals surface area contributed by atoms with Crippen LogP contribution in [0.3, 0.4) is 0 Å². The van der Waals surface area contributed by atoms with Gasteiger partial charge in [-0.15, -0.1) is 0 Å². The molecule has 0 atom stereocenters. The van der Waals surface area contributed by atoms with Crippen molar-refractivity contribution >= 4 is 24.7 Å². The first kappa shape index (κ1) is 30.9. The summed E-state index contributed by atoms with van der Waals surface area (Å²) in [7, 11) is -9.70. The van der Waals surface area contributed by atoms with Gasteiger partial charge < -0.3 is 4.74 Å². The number of halogens is 6. The normalized spacial score (nSPS) is 12.9. The van der Waals surface area contributed by atoms with Crippen LogP contribution in [-0.2, 0) is 15.6 Å². The molecule has 0 saturated carbocycles. The van der Waals surface area contributed by atoms with Gasteiger partial charge in [0.2, 0.25) is 0 Å². The zero-order valence-electron chi connectivity index (χ0n) is 22.1. The predicted molar refractivity (Wildman–Crippen MR) is 157 cm³/mol. The fourth-order valence-electron chi connectivity index (χ4n) is 4.14. The summed E-state index contributed by atoms with van der Waals surface area (Å²) in [5, 5.41) is 0. The Hall–Kier alpha value is -4.07. The van der Waals surface area contributed by atoms with Crippen molar-refractivity contribution in [2.24, 2.45) is 0 Å². The van der Waals surface area contributed by atoms with Gasteiger partial charge in [0.25, 0.3) is 0 Å². The number of benzene rings is 5. The Morgan fingerprint density at radius 3 is 1.24 bits per heavy atom. The monoisotopic (exact) mass is 618 g/mol. The molecule has 0 aliphatic carbocycles. The van der Waals surface area contributed by atoms with E-state index < -0.39 is 18.7 Å². The van der Waals surface area contributed by atoms with Crippen molar-refractivity contribution in [3.63, 3.8) is 0 Å². The second-order valence-corrected chi connectivity index (χ2v) is 12.9. The van der Waals surface area contributed by atoms with Gasteiger partial charge in [-0.2, -0.15) is 0 Å². The summed E-state index contributed by atoms with van der Waals surface area (Å²) in [5.41, 5.74) is 5.29. The molecule has 0 bridgehead atoms. The van der Waals surface area contributed by atoms with Crippen LogP contribution in [0.1, 0.15) is 10.4 Å². The molecule has 0 aromatic heterocycles. The fourth-order valence-corrected chi connectivity index (χ4v) is 6.32. The summed E-state index contributed by atoms with van der Waals surface area (Å²) in [5.74, 6) is -0.320. The molecular formula is C32H25F6O2PS. The van der Waals surface area contributed by atoms with E-state index in [4.69, 9.17) is 4.74 Å². The van der Waals surface area contributed by atoms with Crippen LogP contribution >= 0.6 is 7.81 Å². The zero-order chi connectivity index (χ0) is 30.4. The summed E-state index contributed by atoms with van der Waals surface area (Å²) in [6.45, 7) is 0. The first-order valence-corrected chi connectivity index (χ1v) is 15.7. The molecule has 5 aromatic rings. The molecule has 42 heavy (non-hydrogen) atoms. The van der Waals surface area contributed by atoms with E-state index in [0.717, 1.165) is 14.7 Å². The van der Waals surface area contributed by atoms with Crippen molar-refractivity contribution in [3.05, 3.63) is 139 Å². The van der Waals surface area contributed by atoms with Gasteiger partial charge in [0.05, 0.1) is 7.11 Å². The Morgan fingerprint density at radius 1 is 0.524 bits per heavy atom. The summed E-state index contributed by atoms with van der Waals surface area (Å²) >= 11 is 0. The third-order valence-corrected chi connectivity index (χ3v) is 8.19. The molecule has 0 saturated heterocycles. The Bertz CT molecular complexity index is 1550. The minimum atomic E-state index is -10.7. The number of hydrogen-bond acceptors (Lipinski definition) is 2. The molecular weight excluding hydrogens is 593 g/mol. The second kappa shape index (κ2) is 11.7. The molecule has 0 fully saturated rings. The number of ether oxygens (including phenoxy) is 1. The molecule has 0 unspecified atom stereocenters. The van der Waals surface area contributed by atoms with Gasteiger partial charge in [-0.3, -0.25) is 0 Å². The van der Waals surface area contributed by atoms with Crippen LogP contribution in [0.5, 0.6) is 0 Å². The molecule has 0 heterocycles. The first-order chi connectivity index (χ1) is 19.7. The Labute approximate surface area is 242 Å². The van der Waals surface area contributed by atoms with E-state index in [9.17, 15) is 30.0 Å². The van der Waals surface area contributed by atoms with E-state index >= 15 is 0 Å². The standard InChI is InChI=1S/C32H25O2S.F6P/c1-34-32(33)30-14-8-9-15-31(30)35(28-20-16-26(17-21-28)24-10-4-2-5-11-24)29-22-18-27(19-23-29)25-12-6-3-7-13-25;1-7(2,3,4,5)6/h2-23H,1H3;/q+1;-1. The van der Waals surface area contributed by atoms with E-state index in [1.165, 1.54) is 29.4 Å². The van der Waals surface area contributed by atoms with E-state index in [0.29, 0.717) is 5.56 Å². The van der Waals surface area contributed by atoms with E-state index in [-0.39, 0.29) is 5.97 Å². The second-order valence-electron chi connectivity index (χ2n) is 9.03. The first-order valence-electron chi connectivity index (χ1n) is 12.5. The van der Waals surface area contributed by atoms with Gasteiger partial charge >= 0.3 is 39.0 Å². The Kier molecular flexibility index (Phi) is 8.58. The Morgan fingerprint density at radius 2 is 0.857 bits per heavy atom. The maximum atomic E-state index is 12.7. The van der Waals surface area contributed by atoms with Gasteiger partial charge in [0.15, 0.2) is 14.7 Å². The molecule has 0 aliphatic heterocycles. The summed E-state index contributed by atoms with van der Waals surface area (Å²) in [6, 6.07) is 45.8. The molecule has 0 amide bonds. The van der Waals surface area contributed by atoms with Crippen LogP contribution in [0.15, 0.2) is 148 Å². The summed E-state index contributed by atoms with van der Waals surface area (Å²) in [4.78, 5) is 15.9. The van der Waals surface area contributed by atoms with Crippen molar-refractivity contribution in [1.82, 2.24) is 0 Å². The average Bonchev–Trinajstić information content (AvgIpc) is 2.97. The van der Waals surface area contributed by atoms with Crippen molar-refractivity contribution < 1.29 is 34.7 Å². The topological polar surface area (TPSA) is 26.3 Å². The number of esters is 1. The van der Waals surface area contributed by atoms with Crippen LogP contribution in [0, 0.1) is 0 Å². The van der Waals surface area contributed by atoms with Gasteiger partial charge in [0.1, 0.15) is 16.5 Å². The van der Waals surface area contributed by atoms with Crippen molar-refractivity contribution in [2.75, 3.05) is 7.11 Å². The van der Waals surface area contributed by atoms with E-state index in [1.54, 1.807) is 0 Å². The molecule has 0 aliphatic rings. The third kappa shape index (κ3) is 9.23. The van der Waals surface area contributed by atoms with Gasteiger partial charge in [0, 0.05) is 0 Å². The van der Waals surface area contributed by atoms with Crippen molar-refractivity contribution in [1.29, 1.82) is 0 Å². The summed E-state index contributed by atoms with van der Waals surface area (Å²) in [6.07, 6.45) is 0. The van der Waals surface area contributed by atoms with E-state index in [1.807, 2.05) is 36.4 Å². The fraction of sp³-hybridized carbons (Fsp3) is 0.0312. The number of rotatable bonds is 6. The number of hydrogen-bond donors (Lipinski definition) is 0. The molecule has 0 N–H and O–H groups in total. The number of carbonyl (C=O) groups excluding carboxylic acids is 1. The Balaban J connectivity index is 0.000000517. The van der Waals surface area contributed by atoms with Crippen LogP contribution < -0.4 is 0 Å². The van der Waals surface area contributed by atoms with Crippen LogP contribution in [0.25, 0.3) is 22.3 Å². The van der Waals surface area contributed by atoms with Crippen molar-refractivity contribution in [3.8, 4) is 22.3 Å². The number of methoxy groups -OCH3 is 1. The van der Waals surface area contributed by atoms with Gasteiger partial charge in [-0.25, -0.2) is 4.79 Å². The average molecular weight is 619 g/mol. The van der Waals surface area contributed by atoms with Crippen LogP contribution in [-0.4, -0.2) is 13.1 Å². The molecule has 218 valence electrons. The molecule has 10 heteroatoms.